The minimum absolute atomic E-state index is 0.0935. The highest BCUT2D eigenvalue weighted by atomic mass is 16.6. The molecule has 1 saturated heterocycles. The van der Waals surface area contributed by atoms with Gasteiger partial charge in [-0.1, -0.05) is 0 Å². The summed E-state index contributed by atoms with van der Waals surface area (Å²) in [6, 6.07) is 6.29. The molecule has 0 saturated carbocycles. The van der Waals surface area contributed by atoms with E-state index in [-0.39, 0.29) is 18.2 Å². The summed E-state index contributed by atoms with van der Waals surface area (Å²) in [5.41, 5.74) is 3.92. The van der Waals surface area contributed by atoms with E-state index in [1.807, 2.05) is 50.0 Å². The molecule has 7 heteroatoms. The van der Waals surface area contributed by atoms with Crippen LogP contribution in [-0.4, -0.2) is 49.9 Å². The molecule has 28 heavy (non-hydrogen) atoms. The van der Waals surface area contributed by atoms with Crippen LogP contribution in [0.1, 0.15) is 38.4 Å². The Kier molecular flexibility index (Phi) is 4.98. The van der Waals surface area contributed by atoms with Gasteiger partial charge in [0, 0.05) is 35.9 Å². The Hall–Kier alpha value is -2.96. The molecule has 4 heterocycles. The molecule has 7 nitrogen and oxygen atoms in total. The zero-order valence-corrected chi connectivity index (χ0v) is 16.5. The van der Waals surface area contributed by atoms with Crippen LogP contribution in [0.5, 0.6) is 0 Å². The van der Waals surface area contributed by atoms with Crippen molar-refractivity contribution in [2.45, 2.75) is 45.8 Å². The van der Waals surface area contributed by atoms with Crippen LogP contribution < -0.4 is 0 Å². The molecule has 4 rings (SSSR count). The number of ether oxygens (including phenoxy) is 1. The predicted octanol–water partition coefficient (Wildman–Crippen LogP) is 3.98. The maximum Gasteiger partial charge on any atom is 0.410 e. The van der Waals surface area contributed by atoms with Crippen molar-refractivity contribution in [1.82, 2.24) is 24.6 Å². The minimum atomic E-state index is -0.225. The number of pyridine rings is 2. The second-order valence-electron chi connectivity index (χ2n) is 7.50. The van der Waals surface area contributed by atoms with Gasteiger partial charge in [-0.3, -0.25) is 14.6 Å². The van der Waals surface area contributed by atoms with E-state index in [4.69, 9.17) is 4.74 Å². The number of amides is 1. The third-order valence-electron chi connectivity index (χ3n) is 5.17. The highest BCUT2D eigenvalue weighted by molar-refractivity contribution is 5.82. The number of aryl methyl sites for hydroxylation is 1. The van der Waals surface area contributed by atoms with Crippen molar-refractivity contribution in [3.63, 3.8) is 0 Å². The molecule has 0 radical (unpaired) electrons. The molecule has 1 aliphatic rings. The summed E-state index contributed by atoms with van der Waals surface area (Å²) in [7, 11) is 0. The molecule has 0 aliphatic carbocycles. The molecule has 1 fully saturated rings. The van der Waals surface area contributed by atoms with E-state index in [9.17, 15) is 4.79 Å². The molecular weight excluding hydrogens is 354 g/mol. The van der Waals surface area contributed by atoms with E-state index in [1.54, 1.807) is 11.1 Å². The lowest BCUT2D eigenvalue weighted by Gasteiger charge is -2.32. The van der Waals surface area contributed by atoms with Crippen LogP contribution in [0.2, 0.25) is 0 Å². The monoisotopic (exact) mass is 379 g/mol. The Balaban J connectivity index is 1.52. The third kappa shape index (κ3) is 3.56. The van der Waals surface area contributed by atoms with Crippen LogP contribution in [0.25, 0.3) is 22.2 Å². The average Bonchev–Trinajstić information content (AvgIpc) is 3.11. The molecule has 3 aromatic heterocycles. The number of carbonyl (C=O) groups is 1. The number of hydrogen-bond donors (Lipinski definition) is 0. The first-order valence-corrected chi connectivity index (χ1v) is 9.73. The smallest absolute Gasteiger partial charge is 0.410 e. The summed E-state index contributed by atoms with van der Waals surface area (Å²) in [5, 5.41) is 5.69. The number of fused-ring (bicyclic) bond motifs is 1. The van der Waals surface area contributed by atoms with Crippen molar-refractivity contribution in [3.05, 3.63) is 42.5 Å². The molecule has 1 aliphatic heterocycles. The molecule has 0 spiro atoms. The number of hydrogen-bond acceptors (Lipinski definition) is 5. The molecular formula is C21H25N5O2. The number of rotatable bonds is 3. The SMILES string of the molecule is Cc1ncccc1-c1cc2cnn(C3CCN(C(=O)OC(C)C)CC3)c2cn1. The van der Waals surface area contributed by atoms with Gasteiger partial charge in [0.1, 0.15) is 0 Å². The quantitative estimate of drug-likeness (QED) is 0.688. The summed E-state index contributed by atoms with van der Waals surface area (Å²) >= 11 is 0. The normalized spacial score (nSPS) is 15.4. The zero-order valence-electron chi connectivity index (χ0n) is 16.5. The van der Waals surface area contributed by atoms with Crippen molar-refractivity contribution in [2.24, 2.45) is 0 Å². The predicted molar refractivity (Wildman–Crippen MR) is 107 cm³/mol. The van der Waals surface area contributed by atoms with Crippen LogP contribution in [0.15, 0.2) is 36.8 Å². The topological polar surface area (TPSA) is 73.1 Å². The van der Waals surface area contributed by atoms with Crippen molar-refractivity contribution in [1.29, 1.82) is 0 Å². The number of likely N-dealkylation sites (tertiary alicyclic amines) is 1. The van der Waals surface area contributed by atoms with E-state index in [1.165, 1.54) is 0 Å². The van der Waals surface area contributed by atoms with Gasteiger partial charge in [-0.25, -0.2) is 4.79 Å². The van der Waals surface area contributed by atoms with Crippen LogP contribution >= 0.6 is 0 Å². The van der Waals surface area contributed by atoms with Gasteiger partial charge in [0.25, 0.3) is 0 Å². The third-order valence-corrected chi connectivity index (χ3v) is 5.17. The summed E-state index contributed by atoms with van der Waals surface area (Å²) in [5.74, 6) is 0. The van der Waals surface area contributed by atoms with E-state index >= 15 is 0 Å². The number of carbonyl (C=O) groups excluding carboxylic acids is 1. The van der Waals surface area contributed by atoms with E-state index in [2.05, 4.69) is 21.1 Å². The summed E-state index contributed by atoms with van der Waals surface area (Å²) in [6.07, 6.45) is 6.97. The van der Waals surface area contributed by atoms with Crippen LogP contribution in [0, 0.1) is 6.92 Å². The first kappa shape index (κ1) is 18.4. The molecule has 0 aromatic carbocycles. The lowest BCUT2D eigenvalue weighted by Crippen LogP contribution is -2.40. The molecule has 0 N–H and O–H groups in total. The van der Waals surface area contributed by atoms with Gasteiger partial charge < -0.3 is 9.64 Å². The maximum atomic E-state index is 12.1. The zero-order chi connectivity index (χ0) is 19.7. The largest absolute Gasteiger partial charge is 0.447 e. The average molecular weight is 379 g/mol. The summed E-state index contributed by atoms with van der Waals surface area (Å²) in [4.78, 5) is 22.9. The van der Waals surface area contributed by atoms with Crippen molar-refractivity contribution in [3.8, 4) is 11.3 Å². The van der Waals surface area contributed by atoms with E-state index in [0.29, 0.717) is 13.1 Å². The lowest BCUT2D eigenvalue weighted by atomic mass is 10.1. The Morgan fingerprint density at radius 3 is 2.71 bits per heavy atom. The first-order chi connectivity index (χ1) is 13.5. The van der Waals surface area contributed by atoms with Gasteiger partial charge in [-0.15, -0.1) is 0 Å². The van der Waals surface area contributed by atoms with Gasteiger partial charge in [-0.2, -0.15) is 5.10 Å². The Bertz CT molecular complexity index is 989. The van der Waals surface area contributed by atoms with E-state index in [0.717, 1.165) is 40.7 Å². The number of piperidine rings is 1. The molecule has 0 bridgehead atoms. The number of nitrogens with zero attached hydrogens (tertiary/aromatic N) is 5. The van der Waals surface area contributed by atoms with Crippen LogP contribution in [-0.2, 0) is 4.74 Å². The molecule has 146 valence electrons. The molecule has 3 aromatic rings. The van der Waals surface area contributed by atoms with Gasteiger partial charge in [0.2, 0.25) is 0 Å². The highest BCUT2D eigenvalue weighted by Gasteiger charge is 2.26. The maximum absolute atomic E-state index is 12.1. The number of aromatic nitrogens is 4. The molecule has 0 atom stereocenters. The van der Waals surface area contributed by atoms with Gasteiger partial charge in [0.05, 0.1) is 35.8 Å². The van der Waals surface area contributed by atoms with Crippen molar-refractivity contribution in [2.75, 3.05) is 13.1 Å². The standard InChI is InChI=1S/C21H25N5O2/c1-14(2)28-21(27)25-9-6-17(7-10-25)26-20-13-23-19(11-16(20)12-24-26)18-5-4-8-22-15(18)3/h4-5,8,11-14,17H,6-7,9-10H2,1-3H3. The lowest BCUT2D eigenvalue weighted by molar-refractivity contribution is 0.0656. The fraction of sp³-hybridized carbons (Fsp3) is 0.429. The Morgan fingerprint density at radius 2 is 2.00 bits per heavy atom. The Morgan fingerprint density at radius 1 is 1.21 bits per heavy atom. The molecule has 1 amide bonds. The van der Waals surface area contributed by atoms with Crippen molar-refractivity contribution >= 4 is 17.0 Å². The van der Waals surface area contributed by atoms with Crippen LogP contribution in [0.3, 0.4) is 0 Å². The fourth-order valence-corrected chi connectivity index (χ4v) is 3.71. The van der Waals surface area contributed by atoms with Gasteiger partial charge >= 0.3 is 6.09 Å². The summed E-state index contributed by atoms with van der Waals surface area (Å²) in [6.45, 7) is 7.09. The molecule has 0 unspecified atom stereocenters. The minimum Gasteiger partial charge on any atom is -0.447 e. The second kappa shape index (κ2) is 7.58. The summed E-state index contributed by atoms with van der Waals surface area (Å²) < 4.78 is 7.35. The highest BCUT2D eigenvalue weighted by Crippen LogP contribution is 2.28. The van der Waals surface area contributed by atoms with Crippen LogP contribution in [0.4, 0.5) is 4.79 Å². The van der Waals surface area contributed by atoms with Gasteiger partial charge in [-0.05, 0) is 51.8 Å². The first-order valence-electron chi connectivity index (χ1n) is 9.73. The van der Waals surface area contributed by atoms with Gasteiger partial charge in [0.15, 0.2) is 0 Å². The second-order valence-corrected chi connectivity index (χ2v) is 7.50. The Labute approximate surface area is 164 Å². The fourth-order valence-electron chi connectivity index (χ4n) is 3.71. The van der Waals surface area contributed by atoms with E-state index < -0.39 is 0 Å². The van der Waals surface area contributed by atoms with Crippen molar-refractivity contribution < 1.29 is 9.53 Å².